The molecule has 2 fully saturated rings. The van der Waals surface area contributed by atoms with Gasteiger partial charge in [-0.15, -0.1) is 24.8 Å². The largest absolute Gasteiger partial charge is 0.344 e. The molecule has 20 heavy (non-hydrogen) atoms. The maximum absolute atomic E-state index is 12.4. The van der Waals surface area contributed by atoms with Gasteiger partial charge in [-0.1, -0.05) is 13.3 Å². The van der Waals surface area contributed by atoms with E-state index in [4.69, 9.17) is 5.73 Å². The topological polar surface area (TPSA) is 49.6 Å². The summed E-state index contributed by atoms with van der Waals surface area (Å²) < 4.78 is 0. The van der Waals surface area contributed by atoms with Crippen molar-refractivity contribution < 1.29 is 4.79 Å². The molecule has 2 aliphatic rings. The minimum Gasteiger partial charge on any atom is -0.344 e. The van der Waals surface area contributed by atoms with Gasteiger partial charge in [0, 0.05) is 25.7 Å². The summed E-state index contributed by atoms with van der Waals surface area (Å²) in [6, 6.07) is 0.646. The van der Waals surface area contributed by atoms with Crippen LogP contribution in [0.3, 0.4) is 0 Å². The molecule has 2 rings (SSSR count). The van der Waals surface area contributed by atoms with Gasteiger partial charge in [0.15, 0.2) is 0 Å². The molecule has 1 saturated carbocycles. The average Bonchev–Trinajstić information content (AvgIpc) is 2.96. The highest BCUT2D eigenvalue weighted by Crippen LogP contribution is 2.26. The molecule has 1 aliphatic carbocycles. The maximum atomic E-state index is 12.4. The molecule has 2 N–H and O–H groups in total. The summed E-state index contributed by atoms with van der Waals surface area (Å²) in [6.45, 7) is 5.35. The van der Waals surface area contributed by atoms with Crippen molar-refractivity contribution in [3.8, 4) is 0 Å². The Bertz CT molecular complexity index is 304. The third-order valence-corrected chi connectivity index (χ3v) is 4.65. The Balaban J connectivity index is 0.00000180. The molecule has 120 valence electrons. The van der Waals surface area contributed by atoms with Crippen molar-refractivity contribution in [1.82, 2.24) is 9.80 Å². The van der Waals surface area contributed by atoms with Crippen LogP contribution in [0.2, 0.25) is 0 Å². The molecule has 1 aliphatic heterocycles. The Morgan fingerprint density at radius 3 is 2.50 bits per heavy atom. The number of nitrogens with zero attached hydrogens (tertiary/aromatic N) is 2. The third-order valence-electron chi connectivity index (χ3n) is 4.65. The quantitative estimate of drug-likeness (QED) is 0.858. The molecular weight excluding hydrogens is 297 g/mol. The fourth-order valence-electron chi connectivity index (χ4n) is 3.50. The molecule has 0 radical (unpaired) electrons. The van der Waals surface area contributed by atoms with Crippen molar-refractivity contribution >= 4 is 30.7 Å². The standard InChI is InChI=1S/C14H27N3O.2ClH/c1-3-17-9-5-6-11(17)10-16(2)14(18)12-7-4-8-13(12)15;;/h11-13H,3-10,15H2,1-2H3;2*1H. The number of likely N-dealkylation sites (tertiary alicyclic amines) is 1. The van der Waals surface area contributed by atoms with Gasteiger partial charge >= 0.3 is 0 Å². The zero-order valence-corrected chi connectivity index (χ0v) is 14.2. The third kappa shape index (κ3) is 4.48. The van der Waals surface area contributed by atoms with Crippen LogP contribution in [0.15, 0.2) is 0 Å². The number of carbonyl (C=O) groups is 1. The lowest BCUT2D eigenvalue weighted by Crippen LogP contribution is -2.45. The van der Waals surface area contributed by atoms with E-state index in [2.05, 4.69) is 11.8 Å². The molecule has 1 amide bonds. The fourth-order valence-corrected chi connectivity index (χ4v) is 3.50. The Hall–Kier alpha value is -0.0300. The normalized spacial score (nSPS) is 29.6. The summed E-state index contributed by atoms with van der Waals surface area (Å²) in [6.07, 6.45) is 5.59. The lowest BCUT2D eigenvalue weighted by Gasteiger charge is -2.30. The van der Waals surface area contributed by atoms with Crippen molar-refractivity contribution in [3.63, 3.8) is 0 Å². The van der Waals surface area contributed by atoms with E-state index >= 15 is 0 Å². The van der Waals surface area contributed by atoms with Crippen molar-refractivity contribution in [1.29, 1.82) is 0 Å². The first-order valence-corrected chi connectivity index (χ1v) is 7.38. The van der Waals surface area contributed by atoms with Crippen LogP contribution in [-0.4, -0.2) is 54.5 Å². The number of rotatable bonds is 4. The Labute approximate surface area is 135 Å². The van der Waals surface area contributed by atoms with E-state index in [1.54, 1.807) is 0 Å². The number of hydrogen-bond acceptors (Lipinski definition) is 3. The zero-order valence-electron chi connectivity index (χ0n) is 12.6. The summed E-state index contributed by atoms with van der Waals surface area (Å²) in [7, 11) is 1.94. The van der Waals surface area contributed by atoms with Gasteiger partial charge in [0.1, 0.15) is 0 Å². The Morgan fingerprint density at radius 1 is 1.25 bits per heavy atom. The number of halogens is 2. The van der Waals surface area contributed by atoms with E-state index in [-0.39, 0.29) is 42.7 Å². The second kappa shape index (κ2) is 9.08. The van der Waals surface area contributed by atoms with E-state index in [0.29, 0.717) is 6.04 Å². The van der Waals surface area contributed by atoms with E-state index < -0.39 is 0 Å². The van der Waals surface area contributed by atoms with E-state index in [9.17, 15) is 4.79 Å². The van der Waals surface area contributed by atoms with Crippen LogP contribution in [0.5, 0.6) is 0 Å². The predicted octanol–water partition coefficient (Wildman–Crippen LogP) is 1.90. The van der Waals surface area contributed by atoms with E-state index in [1.807, 2.05) is 11.9 Å². The number of likely N-dealkylation sites (N-methyl/N-ethyl adjacent to an activating group) is 2. The van der Waals surface area contributed by atoms with Crippen molar-refractivity contribution in [3.05, 3.63) is 0 Å². The number of carbonyl (C=O) groups excluding carboxylic acids is 1. The van der Waals surface area contributed by atoms with Crippen LogP contribution in [0.4, 0.5) is 0 Å². The molecule has 3 atom stereocenters. The minimum absolute atomic E-state index is 0. The number of hydrogen-bond donors (Lipinski definition) is 1. The van der Waals surface area contributed by atoms with E-state index in [1.165, 1.54) is 19.4 Å². The molecule has 0 bridgehead atoms. The van der Waals surface area contributed by atoms with Crippen molar-refractivity contribution in [2.45, 2.75) is 51.1 Å². The first-order valence-electron chi connectivity index (χ1n) is 7.38. The van der Waals surface area contributed by atoms with Crippen molar-refractivity contribution in [2.75, 3.05) is 26.7 Å². The molecule has 3 unspecified atom stereocenters. The van der Waals surface area contributed by atoms with Gasteiger partial charge in [-0.3, -0.25) is 9.69 Å². The van der Waals surface area contributed by atoms with Crippen LogP contribution in [0, 0.1) is 5.92 Å². The number of amides is 1. The molecule has 1 saturated heterocycles. The summed E-state index contributed by atoms with van der Waals surface area (Å²) in [5.41, 5.74) is 6.02. The molecule has 4 nitrogen and oxygen atoms in total. The highest BCUT2D eigenvalue weighted by atomic mass is 35.5. The molecule has 6 heteroatoms. The summed E-state index contributed by atoms with van der Waals surface area (Å²) in [5, 5.41) is 0. The van der Waals surface area contributed by atoms with Crippen molar-refractivity contribution in [2.24, 2.45) is 11.7 Å². The Morgan fingerprint density at radius 2 is 1.95 bits per heavy atom. The number of nitrogens with two attached hydrogens (primary N) is 1. The fraction of sp³-hybridized carbons (Fsp3) is 0.929. The van der Waals surface area contributed by atoms with Gasteiger partial charge in [0.25, 0.3) is 0 Å². The Kier molecular flexibility index (Phi) is 9.07. The van der Waals surface area contributed by atoms with Gasteiger partial charge in [0.2, 0.25) is 5.91 Å². The first-order chi connectivity index (χ1) is 8.63. The zero-order chi connectivity index (χ0) is 13.1. The summed E-state index contributed by atoms with van der Waals surface area (Å²) >= 11 is 0. The molecule has 0 aromatic rings. The van der Waals surface area contributed by atoms with Crippen LogP contribution >= 0.6 is 24.8 Å². The SMILES string of the molecule is CCN1CCCC1CN(C)C(=O)C1CCCC1N.Cl.Cl. The lowest BCUT2D eigenvalue weighted by molar-refractivity contribution is -0.135. The van der Waals surface area contributed by atoms with Crippen LogP contribution < -0.4 is 5.73 Å². The monoisotopic (exact) mass is 325 g/mol. The van der Waals surface area contributed by atoms with Gasteiger partial charge in [-0.25, -0.2) is 0 Å². The van der Waals surface area contributed by atoms with Gasteiger partial charge in [0.05, 0.1) is 5.92 Å². The lowest BCUT2D eigenvalue weighted by atomic mass is 10.0. The first kappa shape index (κ1) is 20.0. The van der Waals surface area contributed by atoms with E-state index in [0.717, 1.165) is 32.4 Å². The van der Waals surface area contributed by atoms with Crippen LogP contribution in [0.1, 0.15) is 39.0 Å². The highest BCUT2D eigenvalue weighted by Gasteiger charge is 2.33. The molecule has 0 aromatic carbocycles. The smallest absolute Gasteiger partial charge is 0.227 e. The molecule has 1 heterocycles. The summed E-state index contributed by atoms with van der Waals surface area (Å²) in [4.78, 5) is 16.8. The van der Waals surface area contributed by atoms with Gasteiger partial charge in [-0.05, 0) is 38.8 Å². The van der Waals surface area contributed by atoms with Gasteiger partial charge in [-0.2, -0.15) is 0 Å². The summed E-state index contributed by atoms with van der Waals surface area (Å²) in [5.74, 6) is 0.342. The highest BCUT2D eigenvalue weighted by molar-refractivity contribution is 5.85. The van der Waals surface area contributed by atoms with Crippen LogP contribution in [-0.2, 0) is 4.79 Å². The maximum Gasteiger partial charge on any atom is 0.227 e. The second-order valence-corrected chi connectivity index (χ2v) is 5.84. The predicted molar refractivity (Wildman–Crippen MR) is 87.7 cm³/mol. The second-order valence-electron chi connectivity index (χ2n) is 5.84. The van der Waals surface area contributed by atoms with Crippen LogP contribution in [0.25, 0.3) is 0 Å². The molecule has 0 aromatic heterocycles. The minimum atomic E-state index is 0. The van der Waals surface area contributed by atoms with Gasteiger partial charge < -0.3 is 10.6 Å². The average molecular weight is 326 g/mol. The molecule has 0 spiro atoms. The molecular formula is C14H29Cl2N3O.